The van der Waals surface area contributed by atoms with E-state index in [9.17, 15) is 0 Å². The van der Waals surface area contributed by atoms with Crippen molar-refractivity contribution in [2.24, 2.45) is 5.41 Å². The molecule has 1 N–H and O–H groups in total. The van der Waals surface area contributed by atoms with Crippen LogP contribution in [-0.2, 0) is 6.42 Å². The fourth-order valence-electron chi connectivity index (χ4n) is 2.08. The number of hydrogen-bond acceptors (Lipinski definition) is 5. The molecule has 0 saturated carbocycles. The Morgan fingerprint density at radius 3 is 2.79 bits per heavy atom. The Labute approximate surface area is 121 Å². The van der Waals surface area contributed by atoms with Gasteiger partial charge in [0.25, 0.3) is 0 Å². The van der Waals surface area contributed by atoms with Gasteiger partial charge in [0.05, 0.1) is 6.04 Å². The zero-order valence-electron chi connectivity index (χ0n) is 12.3. The molecule has 110 valence electrons. The molecular formula is C13H25ClN4O. The lowest BCUT2D eigenvalue weighted by molar-refractivity contribution is 0.190. The molecule has 1 aromatic heterocycles. The summed E-state index contributed by atoms with van der Waals surface area (Å²) >= 11 is 0. The smallest absolute Gasteiger partial charge is 0.226 e. The van der Waals surface area contributed by atoms with Gasteiger partial charge in [-0.3, -0.25) is 4.90 Å². The Balaban J connectivity index is 0.00000180. The van der Waals surface area contributed by atoms with Gasteiger partial charge in [-0.15, -0.1) is 12.4 Å². The number of piperazine rings is 1. The molecule has 2 heterocycles. The average Bonchev–Trinajstić information content (AvgIpc) is 2.75. The first-order chi connectivity index (χ1) is 8.46. The third kappa shape index (κ3) is 4.75. The molecule has 0 radical (unpaired) electrons. The van der Waals surface area contributed by atoms with Crippen molar-refractivity contribution >= 4 is 12.4 Å². The van der Waals surface area contributed by atoms with Crippen LogP contribution >= 0.6 is 12.4 Å². The van der Waals surface area contributed by atoms with E-state index in [1.165, 1.54) is 0 Å². The molecule has 5 nitrogen and oxygen atoms in total. The quantitative estimate of drug-likeness (QED) is 0.922. The minimum atomic E-state index is 0. The molecule has 0 bridgehead atoms. The van der Waals surface area contributed by atoms with Crippen molar-refractivity contribution < 1.29 is 4.52 Å². The van der Waals surface area contributed by atoms with Crippen LogP contribution in [0, 0.1) is 5.41 Å². The molecule has 1 unspecified atom stereocenters. The van der Waals surface area contributed by atoms with Crippen LogP contribution in [0.2, 0.25) is 0 Å². The highest BCUT2D eigenvalue weighted by atomic mass is 35.5. The maximum atomic E-state index is 5.35. The number of likely N-dealkylation sites (N-methyl/N-ethyl adjacent to an activating group) is 1. The highest BCUT2D eigenvalue weighted by Crippen LogP contribution is 2.22. The van der Waals surface area contributed by atoms with E-state index in [0.717, 1.165) is 44.2 Å². The summed E-state index contributed by atoms with van der Waals surface area (Å²) in [5.41, 5.74) is 0.303. The Morgan fingerprint density at radius 2 is 2.16 bits per heavy atom. The number of hydrogen-bond donors (Lipinski definition) is 1. The third-order valence-electron chi connectivity index (χ3n) is 3.38. The van der Waals surface area contributed by atoms with Gasteiger partial charge in [-0.05, 0) is 18.9 Å². The summed E-state index contributed by atoms with van der Waals surface area (Å²) in [4.78, 5) is 6.80. The van der Waals surface area contributed by atoms with E-state index in [1.54, 1.807) is 0 Å². The Morgan fingerprint density at radius 1 is 1.42 bits per heavy atom. The van der Waals surface area contributed by atoms with Crippen LogP contribution in [0.5, 0.6) is 0 Å². The number of nitrogens with one attached hydrogen (secondary N) is 1. The fraction of sp³-hybridized carbons (Fsp3) is 0.846. The molecule has 1 atom stereocenters. The van der Waals surface area contributed by atoms with Crippen LogP contribution in [0.1, 0.15) is 44.9 Å². The largest absolute Gasteiger partial charge is 0.339 e. The van der Waals surface area contributed by atoms with Crippen molar-refractivity contribution in [2.45, 2.75) is 39.7 Å². The van der Waals surface area contributed by atoms with Gasteiger partial charge in [0.1, 0.15) is 0 Å². The molecule has 0 spiro atoms. The lowest BCUT2D eigenvalue weighted by Crippen LogP contribution is -2.44. The highest BCUT2D eigenvalue weighted by Gasteiger charge is 2.25. The second-order valence-electron chi connectivity index (χ2n) is 6.31. The Kier molecular flexibility index (Phi) is 5.77. The van der Waals surface area contributed by atoms with Crippen LogP contribution in [-0.4, -0.2) is 41.7 Å². The summed E-state index contributed by atoms with van der Waals surface area (Å²) in [6.07, 6.45) is 1.92. The van der Waals surface area contributed by atoms with Gasteiger partial charge >= 0.3 is 0 Å². The number of halogens is 1. The molecule has 2 rings (SSSR count). The van der Waals surface area contributed by atoms with Crippen molar-refractivity contribution in [3.8, 4) is 0 Å². The van der Waals surface area contributed by atoms with Gasteiger partial charge in [-0.25, -0.2) is 0 Å². The monoisotopic (exact) mass is 288 g/mol. The van der Waals surface area contributed by atoms with E-state index >= 15 is 0 Å². The molecule has 19 heavy (non-hydrogen) atoms. The fourth-order valence-corrected chi connectivity index (χ4v) is 2.08. The van der Waals surface area contributed by atoms with Gasteiger partial charge in [0.15, 0.2) is 5.82 Å². The lowest BCUT2D eigenvalue weighted by Gasteiger charge is -2.30. The van der Waals surface area contributed by atoms with Crippen LogP contribution in [0.3, 0.4) is 0 Å². The van der Waals surface area contributed by atoms with E-state index in [0.29, 0.717) is 5.41 Å². The van der Waals surface area contributed by atoms with Crippen molar-refractivity contribution in [3.05, 3.63) is 11.7 Å². The summed E-state index contributed by atoms with van der Waals surface area (Å²) in [7, 11) is 2.11. The van der Waals surface area contributed by atoms with Crippen LogP contribution < -0.4 is 5.32 Å². The minimum absolute atomic E-state index is 0. The van der Waals surface area contributed by atoms with E-state index in [4.69, 9.17) is 4.52 Å². The Hall–Kier alpha value is -0.650. The van der Waals surface area contributed by atoms with Gasteiger partial charge < -0.3 is 9.84 Å². The zero-order chi connectivity index (χ0) is 13.2. The van der Waals surface area contributed by atoms with Crippen LogP contribution in [0.15, 0.2) is 4.52 Å². The van der Waals surface area contributed by atoms with E-state index in [1.807, 2.05) is 0 Å². The number of aromatic nitrogens is 2. The third-order valence-corrected chi connectivity index (χ3v) is 3.38. The summed E-state index contributed by atoms with van der Waals surface area (Å²) in [5.74, 6) is 1.58. The Bertz CT molecular complexity index is 388. The number of aryl methyl sites for hydroxylation is 1. The molecule has 6 heteroatoms. The van der Waals surface area contributed by atoms with Crippen molar-refractivity contribution in [2.75, 3.05) is 26.7 Å². The topological polar surface area (TPSA) is 54.2 Å². The van der Waals surface area contributed by atoms with Crippen molar-refractivity contribution in [1.82, 2.24) is 20.4 Å². The van der Waals surface area contributed by atoms with Crippen molar-refractivity contribution in [1.29, 1.82) is 0 Å². The molecule has 1 aliphatic heterocycles. The van der Waals surface area contributed by atoms with E-state index in [2.05, 4.69) is 48.2 Å². The van der Waals surface area contributed by atoms with Crippen LogP contribution in [0.4, 0.5) is 0 Å². The first-order valence-corrected chi connectivity index (χ1v) is 6.69. The van der Waals surface area contributed by atoms with Gasteiger partial charge in [0, 0.05) is 26.1 Å². The summed E-state index contributed by atoms with van der Waals surface area (Å²) < 4.78 is 5.35. The molecule has 1 aromatic rings. The van der Waals surface area contributed by atoms with E-state index in [-0.39, 0.29) is 18.4 Å². The molecule has 0 aromatic carbocycles. The molecule has 1 aliphatic rings. The summed E-state index contributed by atoms with van der Waals surface area (Å²) in [6, 6.07) is 0.242. The summed E-state index contributed by atoms with van der Waals surface area (Å²) in [6.45, 7) is 9.63. The highest BCUT2D eigenvalue weighted by molar-refractivity contribution is 5.85. The molecule has 1 saturated heterocycles. The minimum Gasteiger partial charge on any atom is -0.339 e. The zero-order valence-corrected chi connectivity index (χ0v) is 13.1. The summed E-state index contributed by atoms with van der Waals surface area (Å²) in [5, 5.41) is 7.49. The molecule has 1 fully saturated rings. The predicted molar refractivity (Wildman–Crippen MR) is 77.6 cm³/mol. The second kappa shape index (κ2) is 6.68. The second-order valence-corrected chi connectivity index (χ2v) is 6.31. The van der Waals surface area contributed by atoms with Crippen LogP contribution in [0.25, 0.3) is 0 Å². The van der Waals surface area contributed by atoms with Gasteiger partial charge in [-0.1, -0.05) is 25.9 Å². The molecule has 0 amide bonds. The number of nitrogens with zero attached hydrogens (tertiary/aromatic N) is 3. The molecule has 0 aliphatic carbocycles. The van der Waals surface area contributed by atoms with Gasteiger partial charge in [-0.2, -0.15) is 4.98 Å². The molecular weight excluding hydrogens is 264 g/mol. The standard InChI is InChI=1S/C13H24N4O.ClH/c1-13(2,3)6-5-11-15-12(16-18-11)10-9-14-7-8-17(10)4;/h10,14H,5-9H2,1-4H3;1H. The maximum absolute atomic E-state index is 5.35. The first-order valence-electron chi connectivity index (χ1n) is 6.69. The SMILES string of the molecule is CN1CCNCC1c1noc(CCC(C)(C)C)n1.Cl. The first kappa shape index (κ1) is 16.4. The lowest BCUT2D eigenvalue weighted by atomic mass is 9.91. The number of rotatable bonds is 3. The average molecular weight is 289 g/mol. The van der Waals surface area contributed by atoms with Crippen molar-refractivity contribution in [3.63, 3.8) is 0 Å². The maximum Gasteiger partial charge on any atom is 0.226 e. The van der Waals surface area contributed by atoms with Gasteiger partial charge in [0.2, 0.25) is 5.89 Å². The van der Waals surface area contributed by atoms with E-state index < -0.39 is 0 Å². The normalized spacial score (nSPS) is 21.2. The predicted octanol–water partition coefficient (Wildman–Crippen LogP) is 2.05.